The van der Waals surface area contributed by atoms with Gasteiger partial charge in [0.15, 0.2) is 5.65 Å². The number of hydrogen-bond acceptors (Lipinski definition) is 4. The molecular weight excluding hydrogens is 292 g/mol. The van der Waals surface area contributed by atoms with Gasteiger partial charge in [-0.25, -0.2) is 9.97 Å². The van der Waals surface area contributed by atoms with Crippen LogP contribution in [0.2, 0.25) is 0 Å². The Balaban J connectivity index is 1.62. The number of fused-ring (bicyclic) bond motifs is 1. The minimum atomic E-state index is 0.723. The molecule has 5 heteroatoms. The van der Waals surface area contributed by atoms with Gasteiger partial charge in [0.05, 0.1) is 0 Å². The van der Waals surface area contributed by atoms with Gasteiger partial charge in [0.2, 0.25) is 0 Å². The molecule has 4 nitrogen and oxygen atoms in total. The van der Waals surface area contributed by atoms with Crippen LogP contribution in [0.5, 0.6) is 0 Å². The predicted molar refractivity (Wildman–Crippen MR) is 92.3 cm³/mol. The van der Waals surface area contributed by atoms with E-state index in [0.717, 1.165) is 41.8 Å². The van der Waals surface area contributed by atoms with E-state index in [-0.39, 0.29) is 0 Å². The second-order valence-corrected chi connectivity index (χ2v) is 7.94. The summed E-state index contributed by atoms with van der Waals surface area (Å²) in [4.78, 5) is 9.52. The predicted octanol–water partition coefficient (Wildman–Crippen LogP) is 2.87. The van der Waals surface area contributed by atoms with Gasteiger partial charge in [-0.1, -0.05) is 0 Å². The van der Waals surface area contributed by atoms with Gasteiger partial charge >= 0.3 is 0 Å². The van der Waals surface area contributed by atoms with Crippen LogP contribution in [0, 0.1) is 5.92 Å². The number of imidazole rings is 1. The maximum atomic E-state index is 4.91. The summed E-state index contributed by atoms with van der Waals surface area (Å²) >= 11 is 2.12. The summed E-state index contributed by atoms with van der Waals surface area (Å²) in [5.41, 5.74) is 2.14. The van der Waals surface area contributed by atoms with Crippen molar-refractivity contribution in [2.75, 3.05) is 18.8 Å². The first-order chi connectivity index (χ1) is 10.9. The molecule has 2 aromatic heterocycles. The molecule has 2 atom stereocenters. The molecule has 2 aliphatic rings. The van der Waals surface area contributed by atoms with E-state index in [4.69, 9.17) is 4.98 Å². The highest BCUT2D eigenvalue weighted by Crippen LogP contribution is 2.29. The molecule has 1 N–H and O–H groups in total. The third-order valence-corrected chi connectivity index (χ3v) is 6.24. The Bertz CT molecular complexity index is 627. The monoisotopic (exact) mass is 316 g/mol. The second-order valence-electron chi connectivity index (χ2n) is 6.54. The van der Waals surface area contributed by atoms with Crippen LogP contribution in [0.15, 0.2) is 18.3 Å². The molecule has 0 amide bonds. The van der Waals surface area contributed by atoms with Gasteiger partial charge in [0, 0.05) is 24.4 Å². The van der Waals surface area contributed by atoms with Crippen molar-refractivity contribution < 1.29 is 0 Å². The standard InChI is InChI=1S/C17H24N4S/c1-4-13(11-18-7-1)10-16-20-15-6-2-8-19-17(15)21(16)12-14-5-3-9-22-14/h2,6,8,13-14,18H,1,3-5,7,9-12H2. The van der Waals surface area contributed by atoms with Crippen molar-refractivity contribution in [1.82, 2.24) is 19.9 Å². The molecule has 0 spiro atoms. The minimum Gasteiger partial charge on any atom is -0.316 e. The molecule has 4 rings (SSSR count). The van der Waals surface area contributed by atoms with Crippen molar-refractivity contribution in [2.45, 2.75) is 43.9 Å². The molecular formula is C17H24N4S. The topological polar surface area (TPSA) is 42.7 Å². The molecule has 0 aliphatic carbocycles. The van der Waals surface area contributed by atoms with Crippen molar-refractivity contribution in [3.05, 3.63) is 24.2 Å². The largest absolute Gasteiger partial charge is 0.316 e. The molecule has 2 aromatic rings. The fraction of sp³-hybridized carbons (Fsp3) is 0.647. The molecule has 2 unspecified atom stereocenters. The zero-order valence-corrected chi connectivity index (χ0v) is 13.8. The number of rotatable bonds is 4. The average Bonchev–Trinajstić information content (AvgIpc) is 3.18. The lowest BCUT2D eigenvalue weighted by Gasteiger charge is -2.23. The lowest BCUT2D eigenvalue weighted by molar-refractivity contribution is 0.366. The summed E-state index contributed by atoms with van der Waals surface area (Å²) < 4.78 is 2.41. The van der Waals surface area contributed by atoms with E-state index in [1.165, 1.54) is 43.8 Å². The highest BCUT2D eigenvalue weighted by atomic mass is 32.2. The Labute approximate surface area is 136 Å². The number of pyridine rings is 1. The Hall–Kier alpha value is -1.07. The molecule has 0 bridgehead atoms. The molecule has 0 saturated carbocycles. The maximum Gasteiger partial charge on any atom is 0.160 e. The van der Waals surface area contributed by atoms with E-state index in [1.807, 2.05) is 12.3 Å². The van der Waals surface area contributed by atoms with Crippen LogP contribution in [-0.4, -0.2) is 38.6 Å². The smallest absolute Gasteiger partial charge is 0.160 e. The van der Waals surface area contributed by atoms with Crippen molar-refractivity contribution in [3.8, 4) is 0 Å². The molecule has 0 aromatic carbocycles. The van der Waals surface area contributed by atoms with Crippen LogP contribution in [-0.2, 0) is 13.0 Å². The summed E-state index contributed by atoms with van der Waals surface area (Å²) in [6.07, 6.45) is 8.29. The lowest BCUT2D eigenvalue weighted by Crippen LogP contribution is -2.31. The molecule has 2 saturated heterocycles. The fourth-order valence-corrected chi connectivity index (χ4v) is 4.96. The van der Waals surface area contributed by atoms with Crippen LogP contribution in [0.4, 0.5) is 0 Å². The van der Waals surface area contributed by atoms with Crippen molar-refractivity contribution in [3.63, 3.8) is 0 Å². The number of nitrogens with zero attached hydrogens (tertiary/aromatic N) is 3. The van der Waals surface area contributed by atoms with E-state index >= 15 is 0 Å². The van der Waals surface area contributed by atoms with E-state index in [1.54, 1.807) is 0 Å². The summed E-state index contributed by atoms with van der Waals surface area (Å²) in [5.74, 6) is 3.28. The fourth-order valence-electron chi connectivity index (χ4n) is 3.70. The number of hydrogen-bond donors (Lipinski definition) is 1. The Morgan fingerprint density at radius 3 is 3.14 bits per heavy atom. The summed E-state index contributed by atoms with van der Waals surface area (Å²) in [6.45, 7) is 3.38. The van der Waals surface area contributed by atoms with E-state index in [2.05, 4.69) is 32.7 Å². The van der Waals surface area contributed by atoms with Crippen LogP contribution < -0.4 is 5.32 Å². The Morgan fingerprint density at radius 1 is 1.32 bits per heavy atom. The van der Waals surface area contributed by atoms with Crippen LogP contribution in [0.3, 0.4) is 0 Å². The van der Waals surface area contributed by atoms with Gasteiger partial charge in [0.1, 0.15) is 11.3 Å². The molecule has 2 aliphatic heterocycles. The summed E-state index contributed by atoms with van der Waals surface area (Å²) in [6, 6.07) is 4.10. The van der Waals surface area contributed by atoms with Gasteiger partial charge in [-0.2, -0.15) is 11.8 Å². The van der Waals surface area contributed by atoms with Crippen molar-refractivity contribution >= 4 is 22.9 Å². The zero-order chi connectivity index (χ0) is 14.8. The summed E-state index contributed by atoms with van der Waals surface area (Å²) in [7, 11) is 0. The van der Waals surface area contributed by atoms with E-state index in [9.17, 15) is 0 Å². The van der Waals surface area contributed by atoms with Gasteiger partial charge in [-0.15, -0.1) is 0 Å². The number of thioether (sulfide) groups is 1. The molecule has 118 valence electrons. The van der Waals surface area contributed by atoms with Gasteiger partial charge in [-0.3, -0.25) is 0 Å². The van der Waals surface area contributed by atoms with Crippen LogP contribution >= 0.6 is 11.8 Å². The Kier molecular flexibility index (Phi) is 4.35. The summed E-state index contributed by atoms with van der Waals surface area (Å²) in [5, 5.41) is 4.26. The van der Waals surface area contributed by atoms with E-state index in [0.29, 0.717) is 0 Å². The first-order valence-electron chi connectivity index (χ1n) is 8.52. The maximum absolute atomic E-state index is 4.91. The number of nitrogens with one attached hydrogen (secondary N) is 1. The normalized spacial score (nSPS) is 25.8. The first-order valence-corrected chi connectivity index (χ1v) is 9.57. The minimum absolute atomic E-state index is 0.723. The average molecular weight is 316 g/mol. The highest BCUT2D eigenvalue weighted by Gasteiger charge is 2.22. The molecule has 22 heavy (non-hydrogen) atoms. The van der Waals surface area contributed by atoms with Crippen molar-refractivity contribution in [1.29, 1.82) is 0 Å². The Morgan fingerprint density at radius 2 is 2.32 bits per heavy atom. The zero-order valence-electron chi connectivity index (χ0n) is 13.0. The lowest BCUT2D eigenvalue weighted by atomic mass is 9.96. The second kappa shape index (κ2) is 6.59. The third-order valence-electron chi connectivity index (χ3n) is 4.86. The SMILES string of the molecule is c1cnc2c(c1)nc(CC1CCCNC1)n2CC1CCCS1. The molecule has 2 fully saturated rings. The number of aromatic nitrogens is 3. The first kappa shape index (κ1) is 14.5. The van der Waals surface area contributed by atoms with Gasteiger partial charge in [-0.05, 0) is 62.6 Å². The highest BCUT2D eigenvalue weighted by molar-refractivity contribution is 8.00. The van der Waals surface area contributed by atoms with Crippen molar-refractivity contribution in [2.24, 2.45) is 5.92 Å². The third kappa shape index (κ3) is 3.01. The van der Waals surface area contributed by atoms with Crippen LogP contribution in [0.1, 0.15) is 31.5 Å². The van der Waals surface area contributed by atoms with Gasteiger partial charge < -0.3 is 9.88 Å². The molecule has 4 heterocycles. The molecule has 0 radical (unpaired) electrons. The van der Waals surface area contributed by atoms with Gasteiger partial charge in [0.25, 0.3) is 0 Å². The van der Waals surface area contributed by atoms with E-state index < -0.39 is 0 Å². The van der Waals surface area contributed by atoms with Crippen LogP contribution in [0.25, 0.3) is 11.2 Å². The quantitative estimate of drug-likeness (QED) is 0.942. The number of piperidine rings is 1.